The lowest BCUT2D eigenvalue weighted by molar-refractivity contribution is 0.465. The van der Waals surface area contributed by atoms with Gasteiger partial charge in [0.25, 0.3) is 0 Å². The zero-order valence-corrected chi connectivity index (χ0v) is 12.8. The molecule has 0 rings (SSSR count). The molecule has 0 fully saturated rings. The molecule has 0 bridgehead atoms. The highest BCUT2D eigenvalue weighted by Gasteiger charge is 2.29. The van der Waals surface area contributed by atoms with Crippen LogP contribution in [0.2, 0.25) is 0 Å². The van der Waals surface area contributed by atoms with Crippen molar-refractivity contribution in [1.29, 1.82) is 0 Å². The topological polar surface area (TPSA) is 46.2 Å². The largest absolute Gasteiger partial charge is 0.313 e. The van der Waals surface area contributed by atoms with E-state index in [0.29, 0.717) is 12.6 Å². The van der Waals surface area contributed by atoms with Crippen LogP contribution < -0.4 is 5.32 Å². The third kappa shape index (κ3) is 6.84. The van der Waals surface area contributed by atoms with Crippen LogP contribution in [0.25, 0.3) is 0 Å². The fraction of sp³-hybridized carbons (Fsp3) is 0.846. The van der Waals surface area contributed by atoms with Gasteiger partial charge in [-0.25, -0.2) is 8.42 Å². The Morgan fingerprint density at radius 2 is 1.88 bits per heavy atom. The van der Waals surface area contributed by atoms with Crippen LogP contribution in [0.4, 0.5) is 0 Å². The predicted octanol–water partition coefficient (Wildman–Crippen LogP) is 2.53. The van der Waals surface area contributed by atoms with Crippen molar-refractivity contribution in [3.05, 3.63) is 11.6 Å². The monoisotopic (exact) mass is 261 g/mol. The third-order valence-electron chi connectivity index (χ3n) is 3.03. The van der Waals surface area contributed by atoms with Crippen molar-refractivity contribution in [2.45, 2.75) is 58.2 Å². The van der Waals surface area contributed by atoms with Crippen LogP contribution in [0.15, 0.2) is 11.6 Å². The summed E-state index contributed by atoms with van der Waals surface area (Å²) in [5, 5.41) is 3.29. The van der Waals surface area contributed by atoms with Crippen molar-refractivity contribution < 1.29 is 8.42 Å². The van der Waals surface area contributed by atoms with Gasteiger partial charge in [0.2, 0.25) is 0 Å². The van der Waals surface area contributed by atoms with Gasteiger partial charge in [0.1, 0.15) is 0 Å². The molecule has 0 saturated heterocycles. The molecule has 3 nitrogen and oxygen atoms in total. The van der Waals surface area contributed by atoms with Crippen molar-refractivity contribution in [2.24, 2.45) is 0 Å². The molecule has 0 heterocycles. The van der Waals surface area contributed by atoms with Crippen LogP contribution in [-0.2, 0) is 9.84 Å². The Morgan fingerprint density at radius 3 is 2.29 bits per heavy atom. The van der Waals surface area contributed by atoms with Gasteiger partial charge in [-0.1, -0.05) is 11.6 Å². The highest BCUT2D eigenvalue weighted by molar-refractivity contribution is 7.92. The van der Waals surface area contributed by atoms with Gasteiger partial charge in [-0.05, 0) is 47.5 Å². The molecular formula is C13H27NO2S. The van der Waals surface area contributed by atoms with Gasteiger partial charge < -0.3 is 5.32 Å². The minimum Gasteiger partial charge on any atom is -0.313 e. The zero-order chi connectivity index (χ0) is 13.7. The summed E-state index contributed by atoms with van der Waals surface area (Å²) in [5.74, 6) is 0. The number of hydrogen-bond donors (Lipinski definition) is 1. The highest BCUT2D eigenvalue weighted by Crippen LogP contribution is 2.14. The fourth-order valence-electron chi connectivity index (χ4n) is 1.28. The van der Waals surface area contributed by atoms with Crippen molar-refractivity contribution in [3.8, 4) is 0 Å². The Bertz CT molecular complexity index is 352. The average molecular weight is 261 g/mol. The minimum absolute atomic E-state index is 0.339. The Kier molecular flexibility index (Phi) is 6.41. The van der Waals surface area contributed by atoms with E-state index in [1.165, 1.54) is 11.8 Å². The molecule has 0 aromatic rings. The highest BCUT2D eigenvalue weighted by atomic mass is 32.2. The van der Waals surface area contributed by atoms with E-state index in [0.717, 1.165) is 12.8 Å². The second-order valence-electron chi connectivity index (χ2n) is 5.67. The Balaban J connectivity index is 4.09. The SMILES string of the molecule is CC(C)=CCC[C@@H](C)NCC(C)(C)S(C)(=O)=O. The number of allylic oxidation sites excluding steroid dienone is 2. The van der Waals surface area contributed by atoms with Crippen LogP contribution >= 0.6 is 0 Å². The molecule has 0 radical (unpaired) electrons. The van der Waals surface area contributed by atoms with Gasteiger partial charge >= 0.3 is 0 Å². The second-order valence-corrected chi connectivity index (χ2v) is 8.32. The van der Waals surface area contributed by atoms with Crippen LogP contribution in [0.3, 0.4) is 0 Å². The molecule has 0 aliphatic heterocycles. The summed E-state index contributed by atoms with van der Waals surface area (Å²) in [5.41, 5.74) is 1.33. The second kappa shape index (κ2) is 6.55. The third-order valence-corrected chi connectivity index (χ3v) is 5.18. The normalized spacial score (nSPS) is 14.5. The first-order valence-corrected chi connectivity index (χ1v) is 8.02. The summed E-state index contributed by atoms with van der Waals surface area (Å²) in [7, 11) is -3.01. The molecule has 1 atom stereocenters. The molecule has 4 heteroatoms. The standard InChI is InChI=1S/C13H27NO2S/c1-11(2)8-7-9-12(3)14-10-13(4,5)17(6,15)16/h8,12,14H,7,9-10H2,1-6H3/t12-/m1/s1. The smallest absolute Gasteiger partial charge is 0.153 e. The first-order valence-electron chi connectivity index (χ1n) is 6.12. The summed E-state index contributed by atoms with van der Waals surface area (Å²) in [6, 6.07) is 0.339. The summed E-state index contributed by atoms with van der Waals surface area (Å²) in [4.78, 5) is 0. The van der Waals surface area contributed by atoms with E-state index in [4.69, 9.17) is 0 Å². The molecule has 0 aromatic carbocycles. The lowest BCUT2D eigenvalue weighted by atomic mass is 10.1. The lowest BCUT2D eigenvalue weighted by Crippen LogP contribution is -2.44. The molecule has 17 heavy (non-hydrogen) atoms. The maximum Gasteiger partial charge on any atom is 0.153 e. The molecule has 0 amide bonds. The number of nitrogens with one attached hydrogen (secondary N) is 1. The van der Waals surface area contributed by atoms with Gasteiger partial charge in [0.05, 0.1) is 4.75 Å². The van der Waals surface area contributed by atoms with E-state index in [9.17, 15) is 8.42 Å². The number of sulfone groups is 1. The molecule has 0 unspecified atom stereocenters. The summed E-state index contributed by atoms with van der Waals surface area (Å²) in [6.45, 7) is 10.3. The number of rotatable bonds is 7. The molecular weight excluding hydrogens is 234 g/mol. The van der Waals surface area contributed by atoms with E-state index in [2.05, 4.69) is 32.2 Å². The van der Waals surface area contributed by atoms with Crippen molar-refractivity contribution in [3.63, 3.8) is 0 Å². The van der Waals surface area contributed by atoms with Gasteiger partial charge in [0, 0.05) is 18.8 Å². The Morgan fingerprint density at radius 1 is 1.35 bits per heavy atom. The van der Waals surface area contributed by atoms with Gasteiger partial charge in [-0.15, -0.1) is 0 Å². The van der Waals surface area contributed by atoms with E-state index in [-0.39, 0.29) is 0 Å². The minimum atomic E-state index is -3.01. The molecule has 102 valence electrons. The first kappa shape index (κ1) is 16.6. The summed E-state index contributed by atoms with van der Waals surface area (Å²) >= 11 is 0. The van der Waals surface area contributed by atoms with E-state index < -0.39 is 14.6 Å². The predicted molar refractivity (Wildman–Crippen MR) is 75.1 cm³/mol. The van der Waals surface area contributed by atoms with Crippen LogP contribution in [0.5, 0.6) is 0 Å². The van der Waals surface area contributed by atoms with Crippen LogP contribution in [-0.4, -0.2) is 32.0 Å². The van der Waals surface area contributed by atoms with Gasteiger partial charge in [-0.3, -0.25) is 0 Å². The molecule has 0 aromatic heterocycles. The molecule has 1 N–H and O–H groups in total. The molecule has 0 aliphatic rings. The van der Waals surface area contributed by atoms with Crippen molar-refractivity contribution in [2.75, 3.05) is 12.8 Å². The summed E-state index contributed by atoms with van der Waals surface area (Å²) in [6.07, 6.45) is 5.57. The first-order chi connectivity index (χ1) is 7.56. The fourth-order valence-corrected chi connectivity index (χ4v) is 1.62. The number of hydrogen-bond acceptors (Lipinski definition) is 3. The van der Waals surface area contributed by atoms with Crippen LogP contribution in [0, 0.1) is 0 Å². The zero-order valence-electron chi connectivity index (χ0n) is 12.0. The van der Waals surface area contributed by atoms with E-state index in [1.54, 1.807) is 13.8 Å². The molecule has 0 aliphatic carbocycles. The average Bonchev–Trinajstić information content (AvgIpc) is 2.12. The van der Waals surface area contributed by atoms with Crippen molar-refractivity contribution >= 4 is 9.84 Å². The maximum absolute atomic E-state index is 11.5. The van der Waals surface area contributed by atoms with Gasteiger partial charge in [-0.2, -0.15) is 0 Å². The quantitative estimate of drug-likeness (QED) is 0.716. The van der Waals surface area contributed by atoms with E-state index >= 15 is 0 Å². The van der Waals surface area contributed by atoms with Crippen LogP contribution in [0.1, 0.15) is 47.5 Å². The molecule has 0 spiro atoms. The Hall–Kier alpha value is -0.350. The molecule has 0 saturated carbocycles. The Labute approximate surface area is 107 Å². The summed E-state index contributed by atoms with van der Waals surface area (Å²) < 4.78 is 22.3. The van der Waals surface area contributed by atoms with Gasteiger partial charge in [0.15, 0.2) is 9.84 Å². The van der Waals surface area contributed by atoms with E-state index in [1.807, 2.05) is 0 Å². The maximum atomic E-state index is 11.5. The lowest BCUT2D eigenvalue weighted by Gasteiger charge is -2.25. The van der Waals surface area contributed by atoms with Crippen molar-refractivity contribution in [1.82, 2.24) is 5.32 Å².